The highest BCUT2D eigenvalue weighted by Crippen LogP contribution is 2.19. The summed E-state index contributed by atoms with van der Waals surface area (Å²) in [6.07, 6.45) is 0. The van der Waals surface area contributed by atoms with Gasteiger partial charge in [-0.05, 0) is 36.4 Å². The number of nitrogens with one attached hydrogen (secondary N) is 1. The lowest BCUT2D eigenvalue weighted by atomic mass is 10.1. The summed E-state index contributed by atoms with van der Waals surface area (Å²) in [6.45, 7) is 0. The first-order valence-electron chi connectivity index (χ1n) is 7.68. The summed E-state index contributed by atoms with van der Waals surface area (Å²) in [7, 11) is 2.56. The molecule has 4 aromatic rings. The first kappa shape index (κ1) is 15.8. The third-order valence-electron chi connectivity index (χ3n) is 4.20. The molecular weight excluding hydrogens is 338 g/mol. The number of carbonyl (C=O) groups is 2. The van der Waals surface area contributed by atoms with Crippen LogP contribution in [0.1, 0.15) is 20.7 Å². The van der Waals surface area contributed by atoms with E-state index in [0.29, 0.717) is 27.9 Å². The van der Waals surface area contributed by atoms with E-state index in [-0.39, 0.29) is 16.5 Å². The Labute approximate surface area is 146 Å². The Morgan fingerprint density at radius 1 is 1.00 bits per heavy atom. The Balaban J connectivity index is 2.08. The second-order valence-corrected chi connectivity index (χ2v) is 5.65. The standard InChI is InChI=1S/C18H13N3O5/c1-25-16(23)9-3-5-12-11(7-9)15(22)21-14-8-10(17(24)26-2)4-6-13(14)20-18(21)19-12/h3-8H,1-2H3,(H,19,20). The van der Waals surface area contributed by atoms with Crippen LogP contribution in [0.2, 0.25) is 0 Å². The largest absolute Gasteiger partial charge is 0.465 e. The molecule has 0 saturated heterocycles. The molecule has 2 aromatic heterocycles. The Kier molecular flexibility index (Phi) is 3.47. The van der Waals surface area contributed by atoms with Gasteiger partial charge in [0, 0.05) is 0 Å². The number of methoxy groups -OCH3 is 2. The van der Waals surface area contributed by atoms with Crippen molar-refractivity contribution < 1.29 is 19.1 Å². The Morgan fingerprint density at radius 3 is 2.35 bits per heavy atom. The molecule has 0 fully saturated rings. The SMILES string of the molecule is COC(=O)c1ccc2nc3[nH]c4ccc(C(=O)OC)cc4n3c(=O)c2c1. The Hall–Kier alpha value is -3.68. The minimum Gasteiger partial charge on any atom is -0.465 e. The van der Waals surface area contributed by atoms with Gasteiger partial charge in [-0.2, -0.15) is 0 Å². The number of rotatable bonds is 2. The molecule has 2 aromatic carbocycles. The van der Waals surface area contributed by atoms with Gasteiger partial charge in [0.2, 0.25) is 5.78 Å². The number of aromatic nitrogens is 3. The maximum Gasteiger partial charge on any atom is 0.337 e. The van der Waals surface area contributed by atoms with E-state index >= 15 is 0 Å². The molecule has 0 amide bonds. The first-order valence-corrected chi connectivity index (χ1v) is 7.68. The van der Waals surface area contributed by atoms with E-state index in [9.17, 15) is 14.4 Å². The van der Waals surface area contributed by atoms with Crippen molar-refractivity contribution in [3.8, 4) is 0 Å². The molecule has 0 aliphatic heterocycles. The van der Waals surface area contributed by atoms with Gasteiger partial charge in [0.05, 0.1) is 47.3 Å². The number of benzene rings is 2. The monoisotopic (exact) mass is 351 g/mol. The molecule has 8 heteroatoms. The molecule has 0 radical (unpaired) electrons. The minimum atomic E-state index is -0.539. The molecule has 0 atom stereocenters. The fourth-order valence-electron chi connectivity index (χ4n) is 2.93. The summed E-state index contributed by atoms with van der Waals surface area (Å²) in [5.74, 6) is -0.704. The highest BCUT2D eigenvalue weighted by molar-refractivity contribution is 5.96. The molecule has 26 heavy (non-hydrogen) atoms. The molecule has 1 N–H and O–H groups in total. The van der Waals surface area contributed by atoms with Crippen molar-refractivity contribution in [2.45, 2.75) is 0 Å². The lowest BCUT2D eigenvalue weighted by Gasteiger charge is -2.03. The second kappa shape index (κ2) is 5.69. The van der Waals surface area contributed by atoms with Crippen molar-refractivity contribution in [3.05, 3.63) is 57.9 Å². The Bertz CT molecular complexity index is 1270. The van der Waals surface area contributed by atoms with Crippen molar-refractivity contribution >= 4 is 39.7 Å². The molecule has 8 nitrogen and oxygen atoms in total. The van der Waals surface area contributed by atoms with E-state index in [1.165, 1.54) is 24.7 Å². The number of aromatic amines is 1. The molecular formula is C18H13N3O5. The van der Waals surface area contributed by atoms with Crippen LogP contribution >= 0.6 is 0 Å². The number of hydrogen-bond acceptors (Lipinski definition) is 6. The smallest absolute Gasteiger partial charge is 0.337 e. The zero-order chi connectivity index (χ0) is 18.4. The van der Waals surface area contributed by atoms with Gasteiger partial charge in [-0.25, -0.2) is 19.0 Å². The lowest BCUT2D eigenvalue weighted by Crippen LogP contribution is -2.15. The molecule has 0 aliphatic rings. The molecule has 2 heterocycles. The molecule has 0 bridgehead atoms. The molecule has 0 unspecified atom stereocenters. The number of imidazole rings is 1. The third kappa shape index (κ3) is 2.23. The summed E-state index contributed by atoms with van der Waals surface area (Å²) >= 11 is 0. The number of fused-ring (bicyclic) bond motifs is 4. The van der Waals surface area contributed by atoms with Crippen LogP contribution < -0.4 is 5.56 Å². The van der Waals surface area contributed by atoms with Crippen LogP contribution in [0.15, 0.2) is 41.2 Å². The molecule has 0 aliphatic carbocycles. The van der Waals surface area contributed by atoms with Crippen LogP contribution in [-0.4, -0.2) is 40.5 Å². The van der Waals surface area contributed by atoms with Gasteiger partial charge < -0.3 is 14.5 Å². The van der Waals surface area contributed by atoms with E-state index in [2.05, 4.69) is 9.97 Å². The first-order chi connectivity index (χ1) is 12.5. The highest BCUT2D eigenvalue weighted by Gasteiger charge is 2.15. The summed E-state index contributed by atoms with van der Waals surface area (Å²) in [5.41, 5.74) is 1.80. The van der Waals surface area contributed by atoms with Crippen molar-refractivity contribution in [3.63, 3.8) is 0 Å². The van der Waals surface area contributed by atoms with Gasteiger partial charge in [0.1, 0.15) is 0 Å². The average molecular weight is 351 g/mol. The predicted molar refractivity (Wildman–Crippen MR) is 93.5 cm³/mol. The fraction of sp³-hybridized carbons (Fsp3) is 0.111. The minimum absolute atomic E-state index is 0.258. The van der Waals surface area contributed by atoms with Crippen LogP contribution in [0, 0.1) is 0 Å². The number of hydrogen-bond donors (Lipinski definition) is 1. The van der Waals surface area contributed by atoms with Crippen molar-refractivity contribution in [2.24, 2.45) is 0 Å². The number of nitrogens with zero attached hydrogens (tertiary/aromatic N) is 2. The van der Waals surface area contributed by atoms with E-state index in [1.54, 1.807) is 30.3 Å². The van der Waals surface area contributed by atoms with Gasteiger partial charge in [-0.15, -0.1) is 0 Å². The van der Waals surface area contributed by atoms with Crippen LogP contribution in [0.4, 0.5) is 0 Å². The topological polar surface area (TPSA) is 103 Å². The zero-order valence-electron chi connectivity index (χ0n) is 13.9. The maximum atomic E-state index is 13.0. The number of esters is 2. The van der Waals surface area contributed by atoms with Gasteiger partial charge in [-0.1, -0.05) is 0 Å². The van der Waals surface area contributed by atoms with Crippen LogP contribution in [0.5, 0.6) is 0 Å². The summed E-state index contributed by atoms with van der Waals surface area (Å²) in [4.78, 5) is 44.0. The quantitative estimate of drug-likeness (QED) is 0.553. The van der Waals surface area contributed by atoms with Crippen LogP contribution in [-0.2, 0) is 9.47 Å². The zero-order valence-corrected chi connectivity index (χ0v) is 13.9. The lowest BCUT2D eigenvalue weighted by molar-refractivity contribution is 0.0592. The van der Waals surface area contributed by atoms with Crippen molar-refractivity contribution in [2.75, 3.05) is 14.2 Å². The average Bonchev–Trinajstić information content (AvgIpc) is 3.04. The van der Waals surface area contributed by atoms with Crippen molar-refractivity contribution in [1.29, 1.82) is 0 Å². The summed E-state index contributed by atoms with van der Waals surface area (Å²) < 4.78 is 10.8. The molecule has 4 rings (SSSR count). The normalized spacial score (nSPS) is 11.2. The highest BCUT2D eigenvalue weighted by atomic mass is 16.5. The van der Waals surface area contributed by atoms with E-state index < -0.39 is 11.9 Å². The Morgan fingerprint density at radius 2 is 1.65 bits per heavy atom. The number of carbonyl (C=O) groups excluding carboxylic acids is 2. The van der Waals surface area contributed by atoms with Crippen LogP contribution in [0.3, 0.4) is 0 Å². The van der Waals surface area contributed by atoms with Crippen molar-refractivity contribution in [1.82, 2.24) is 14.4 Å². The molecule has 130 valence electrons. The van der Waals surface area contributed by atoms with Crippen LogP contribution in [0.25, 0.3) is 27.7 Å². The fourth-order valence-corrected chi connectivity index (χ4v) is 2.93. The van der Waals surface area contributed by atoms with Gasteiger partial charge >= 0.3 is 11.9 Å². The number of ether oxygens (including phenoxy) is 2. The predicted octanol–water partition coefficient (Wildman–Crippen LogP) is 1.90. The summed E-state index contributed by atoms with van der Waals surface area (Å²) in [6, 6.07) is 9.43. The summed E-state index contributed by atoms with van der Waals surface area (Å²) in [5, 5.41) is 0.273. The van der Waals surface area contributed by atoms with Gasteiger partial charge in [0.25, 0.3) is 5.56 Å². The van der Waals surface area contributed by atoms with Gasteiger partial charge in [-0.3, -0.25) is 4.79 Å². The number of H-pyrrole nitrogens is 1. The van der Waals surface area contributed by atoms with Gasteiger partial charge in [0.15, 0.2) is 0 Å². The maximum absolute atomic E-state index is 13.0. The van der Waals surface area contributed by atoms with E-state index in [0.717, 1.165) is 0 Å². The second-order valence-electron chi connectivity index (χ2n) is 5.65. The van der Waals surface area contributed by atoms with E-state index in [1.807, 2.05) is 0 Å². The third-order valence-corrected chi connectivity index (χ3v) is 4.20. The van der Waals surface area contributed by atoms with E-state index in [4.69, 9.17) is 9.47 Å². The molecule has 0 saturated carbocycles. The molecule has 0 spiro atoms.